The Balaban J connectivity index is 2.57. The summed E-state index contributed by atoms with van der Waals surface area (Å²) in [6.07, 6.45) is 0. The smallest absolute Gasteiger partial charge is 0.143 e. The van der Waals surface area contributed by atoms with Crippen LogP contribution in [0.2, 0.25) is 0 Å². The predicted octanol–water partition coefficient (Wildman–Crippen LogP) is -1.35. The Morgan fingerprint density at radius 2 is 1.86 bits per heavy atom. The Kier molecular flexibility index (Phi) is 1.17. The molecule has 1 saturated heterocycles. The lowest BCUT2D eigenvalue weighted by Crippen LogP contribution is -2.17. The third-order valence-corrected chi connectivity index (χ3v) is 2.04. The molecule has 1 aliphatic heterocycles. The van der Waals surface area contributed by atoms with Crippen LogP contribution in [0.3, 0.4) is 0 Å². The second-order valence-electron chi connectivity index (χ2n) is 1.37. The van der Waals surface area contributed by atoms with Crippen molar-refractivity contribution in [3.05, 3.63) is 0 Å². The molecule has 0 bridgehead atoms. The summed E-state index contributed by atoms with van der Waals surface area (Å²) < 4.78 is 10.2. The van der Waals surface area contributed by atoms with Crippen LogP contribution in [0.15, 0.2) is 0 Å². The van der Waals surface area contributed by atoms with Crippen LogP contribution in [0.5, 0.6) is 0 Å². The number of rotatable bonds is 0. The molecule has 1 heterocycles. The van der Waals surface area contributed by atoms with Crippen LogP contribution in [0.1, 0.15) is 0 Å². The van der Waals surface area contributed by atoms with Gasteiger partial charge in [0.05, 0.1) is 0 Å². The number of hydrogen-bond donors (Lipinski definition) is 2. The molecular formula is C2H6N2O2P-. The third-order valence-electron chi connectivity index (χ3n) is 0.765. The van der Waals surface area contributed by atoms with Crippen molar-refractivity contribution in [2.24, 2.45) is 0 Å². The molecule has 0 amide bonds. The molecule has 2 N–H and O–H groups in total. The fourth-order valence-corrected chi connectivity index (χ4v) is 1.39. The van der Waals surface area contributed by atoms with Crippen molar-refractivity contribution in [3.63, 3.8) is 0 Å². The maximum Gasteiger partial charge on any atom is 0.143 e. The normalized spacial score (nSPS) is 28.1. The van der Waals surface area contributed by atoms with Crippen molar-refractivity contribution in [1.29, 1.82) is 0 Å². The van der Waals surface area contributed by atoms with Gasteiger partial charge in [-0.25, -0.2) is 0 Å². The van der Waals surface area contributed by atoms with Crippen molar-refractivity contribution in [3.8, 4) is 0 Å². The van der Waals surface area contributed by atoms with E-state index in [1.165, 1.54) is 0 Å². The quantitative estimate of drug-likeness (QED) is 0.389. The highest BCUT2D eigenvalue weighted by Crippen LogP contribution is 2.25. The van der Waals surface area contributed by atoms with Gasteiger partial charge in [0.1, 0.15) is 7.67 Å². The van der Waals surface area contributed by atoms with Gasteiger partial charge in [0.2, 0.25) is 0 Å². The third kappa shape index (κ3) is 1.24. The number of nitrogens with one attached hydrogen (secondary N) is 2. The van der Waals surface area contributed by atoms with E-state index in [0.717, 1.165) is 0 Å². The lowest BCUT2D eigenvalue weighted by Gasteiger charge is -2.14. The Bertz CT molecular complexity index is 104. The molecule has 0 aliphatic carbocycles. The summed E-state index contributed by atoms with van der Waals surface area (Å²) in [6.45, 7) is 1.06. The van der Waals surface area contributed by atoms with E-state index in [0.29, 0.717) is 13.1 Å². The van der Waals surface area contributed by atoms with Gasteiger partial charge in [-0.05, 0) is 0 Å². The Labute approximate surface area is 41.5 Å². The van der Waals surface area contributed by atoms with Gasteiger partial charge in [-0.1, -0.05) is 0 Å². The highest BCUT2D eigenvalue weighted by Gasteiger charge is 2.10. The summed E-state index contributed by atoms with van der Waals surface area (Å²) in [7, 11) is -3.29. The fraction of sp³-hybridized carbons (Fsp3) is 1.00. The first-order valence-electron chi connectivity index (χ1n) is 2.02. The van der Waals surface area contributed by atoms with E-state index in [9.17, 15) is 9.46 Å². The van der Waals surface area contributed by atoms with Crippen molar-refractivity contribution in [2.45, 2.75) is 0 Å². The SMILES string of the molecule is O=P1([O-])NCCN1. The van der Waals surface area contributed by atoms with Crippen LogP contribution in [0.4, 0.5) is 0 Å². The minimum absolute atomic E-state index is 0.529. The van der Waals surface area contributed by atoms with Gasteiger partial charge < -0.3 is 9.46 Å². The van der Waals surface area contributed by atoms with Crippen molar-refractivity contribution < 1.29 is 9.46 Å². The Morgan fingerprint density at radius 1 is 1.43 bits per heavy atom. The molecule has 0 aromatic heterocycles. The molecule has 0 saturated carbocycles. The molecule has 7 heavy (non-hydrogen) atoms. The molecule has 1 rings (SSSR count). The Morgan fingerprint density at radius 3 is 2.00 bits per heavy atom. The molecule has 1 aliphatic rings. The van der Waals surface area contributed by atoms with Crippen molar-refractivity contribution in [1.82, 2.24) is 10.2 Å². The predicted molar refractivity (Wildman–Crippen MR) is 23.6 cm³/mol. The van der Waals surface area contributed by atoms with Crippen LogP contribution < -0.4 is 15.1 Å². The highest BCUT2D eigenvalue weighted by atomic mass is 31.2. The van der Waals surface area contributed by atoms with Crippen LogP contribution in [-0.2, 0) is 4.57 Å². The van der Waals surface area contributed by atoms with Gasteiger partial charge in [-0.15, -0.1) is 0 Å². The zero-order chi connectivity index (χ0) is 5.33. The van der Waals surface area contributed by atoms with E-state index in [1.807, 2.05) is 0 Å². The molecule has 4 nitrogen and oxygen atoms in total. The lowest BCUT2D eigenvalue weighted by atomic mass is 10.7. The van der Waals surface area contributed by atoms with E-state index in [4.69, 9.17) is 0 Å². The van der Waals surface area contributed by atoms with E-state index < -0.39 is 7.67 Å². The molecule has 1 fully saturated rings. The minimum atomic E-state index is -3.29. The second kappa shape index (κ2) is 1.56. The summed E-state index contributed by atoms with van der Waals surface area (Å²) in [5.41, 5.74) is 0. The van der Waals surface area contributed by atoms with E-state index in [-0.39, 0.29) is 0 Å². The van der Waals surface area contributed by atoms with Gasteiger partial charge in [0.25, 0.3) is 0 Å². The molecule has 0 unspecified atom stereocenters. The first kappa shape index (κ1) is 5.25. The van der Waals surface area contributed by atoms with Crippen LogP contribution in [0.25, 0.3) is 0 Å². The summed E-state index contributed by atoms with van der Waals surface area (Å²) in [5.74, 6) is 0. The van der Waals surface area contributed by atoms with Gasteiger partial charge >= 0.3 is 0 Å². The molecule has 5 heteroatoms. The van der Waals surface area contributed by atoms with Gasteiger partial charge in [-0.2, -0.15) is 0 Å². The summed E-state index contributed by atoms with van der Waals surface area (Å²) >= 11 is 0. The molecule has 0 aromatic carbocycles. The monoisotopic (exact) mass is 121 g/mol. The van der Waals surface area contributed by atoms with E-state index in [2.05, 4.69) is 10.2 Å². The van der Waals surface area contributed by atoms with Crippen LogP contribution in [-0.4, -0.2) is 13.1 Å². The second-order valence-corrected chi connectivity index (χ2v) is 3.10. The summed E-state index contributed by atoms with van der Waals surface area (Å²) in [5, 5.41) is 4.57. The average Bonchev–Trinajstić information content (AvgIpc) is 1.84. The van der Waals surface area contributed by atoms with Crippen LogP contribution >= 0.6 is 7.67 Å². The molecule has 0 aromatic rings. The molecule has 42 valence electrons. The largest absolute Gasteiger partial charge is 0.776 e. The molecule has 0 atom stereocenters. The first-order chi connectivity index (χ1) is 3.21. The topological polar surface area (TPSA) is 64.2 Å². The molecule has 0 radical (unpaired) electrons. The van der Waals surface area contributed by atoms with Gasteiger partial charge in [0, 0.05) is 13.1 Å². The van der Waals surface area contributed by atoms with Crippen molar-refractivity contribution in [2.75, 3.05) is 13.1 Å². The van der Waals surface area contributed by atoms with E-state index in [1.54, 1.807) is 0 Å². The zero-order valence-corrected chi connectivity index (χ0v) is 4.57. The maximum absolute atomic E-state index is 10.2. The summed E-state index contributed by atoms with van der Waals surface area (Å²) in [6, 6.07) is 0. The van der Waals surface area contributed by atoms with E-state index >= 15 is 0 Å². The summed E-state index contributed by atoms with van der Waals surface area (Å²) in [4.78, 5) is 10.2. The standard InChI is InChI=1S/C2H7N2O2P/c5-7(6)3-1-2-4-7/h1-2H2,(H3,3,4,5,6)/p-1. The maximum atomic E-state index is 10.2. The van der Waals surface area contributed by atoms with Crippen LogP contribution in [0, 0.1) is 0 Å². The molecule has 0 spiro atoms. The Hall–Kier alpha value is 0.110. The van der Waals surface area contributed by atoms with Gasteiger partial charge in [-0.3, -0.25) is 10.2 Å². The minimum Gasteiger partial charge on any atom is -0.776 e. The van der Waals surface area contributed by atoms with Crippen molar-refractivity contribution >= 4 is 7.67 Å². The highest BCUT2D eigenvalue weighted by molar-refractivity contribution is 7.52. The number of hydrogen-bond acceptors (Lipinski definition) is 2. The average molecular weight is 121 g/mol. The first-order valence-corrected chi connectivity index (χ1v) is 3.64. The lowest BCUT2D eigenvalue weighted by molar-refractivity contribution is -0.179. The zero-order valence-electron chi connectivity index (χ0n) is 3.68. The van der Waals surface area contributed by atoms with Gasteiger partial charge in [0.15, 0.2) is 0 Å². The fourth-order valence-electron chi connectivity index (χ4n) is 0.462. The molecular weight excluding hydrogens is 115 g/mol.